The standard InChI is InChI=1S/C15H28N2O4/c1-6-20-14(21-7-2)10-12-8-9-13(15(18)19-5)17(11-12)16(3)4/h11,13-14H,6-10H2,1-5H3. The van der Waals surface area contributed by atoms with Gasteiger partial charge in [0.2, 0.25) is 0 Å². The number of nitrogens with zero attached hydrogens (tertiary/aromatic N) is 2. The van der Waals surface area contributed by atoms with Crippen LogP contribution in [0.4, 0.5) is 0 Å². The van der Waals surface area contributed by atoms with E-state index in [2.05, 4.69) is 0 Å². The molecule has 1 unspecified atom stereocenters. The molecule has 0 saturated heterocycles. The lowest BCUT2D eigenvalue weighted by atomic mass is 9.99. The van der Waals surface area contributed by atoms with Gasteiger partial charge in [-0.15, -0.1) is 0 Å². The largest absolute Gasteiger partial charge is 0.467 e. The Bertz CT molecular complexity index is 352. The van der Waals surface area contributed by atoms with Crippen LogP contribution in [-0.4, -0.2) is 62.7 Å². The van der Waals surface area contributed by atoms with Crippen LogP contribution >= 0.6 is 0 Å². The van der Waals surface area contributed by atoms with Gasteiger partial charge in [-0.3, -0.25) is 5.01 Å². The van der Waals surface area contributed by atoms with Crippen LogP contribution in [0.15, 0.2) is 11.8 Å². The molecule has 1 atom stereocenters. The maximum absolute atomic E-state index is 11.8. The molecule has 1 aliphatic rings. The number of carbonyl (C=O) groups is 1. The van der Waals surface area contributed by atoms with Crippen molar-refractivity contribution in [1.29, 1.82) is 0 Å². The zero-order valence-corrected chi connectivity index (χ0v) is 13.8. The van der Waals surface area contributed by atoms with Crippen LogP contribution in [0.5, 0.6) is 0 Å². The van der Waals surface area contributed by atoms with Crippen LogP contribution in [0.25, 0.3) is 0 Å². The molecule has 0 aliphatic carbocycles. The minimum atomic E-state index is -0.258. The van der Waals surface area contributed by atoms with Crippen molar-refractivity contribution in [1.82, 2.24) is 10.0 Å². The predicted octanol–water partition coefficient (Wildman–Crippen LogP) is 1.77. The highest BCUT2D eigenvalue weighted by molar-refractivity contribution is 5.76. The molecule has 0 bridgehead atoms. The van der Waals surface area contributed by atoms with Gasteiger partial charge in [-0.05, 0) is 32.3 Å². The Kier molecular flexibility index (Phi) is 7.71. The molecular formula is C15H28N2O4. The third-order valence-electron chi connectivity index (χ3n) is 3.44. The van der Waals surface area contributed by atoms with Crippen molar-refractivity contribution >= 4 is 5.97 Å². The maximum Gasteiger partial charge on any atom is 0.330 e. The molecule has 6 nitrogen and oxygen atoms in total. The summed E-state index contributed by atoms with van der Waals surface area (Å²) in [6.07, 6.45) is 4.10. The highest BCUT2D eigenvalue weighted by atomic mass is 16.7. The summed E-state index contributed by atoms with van der Waals surface area (Å²) in [6, 6.07) is -0.258. The number of methoxy groups -OCH3 is 1. The second kappa shape index (κ2) is 9.02. The number of carbonyl (C=O) groups excluding carboxylic acids is 1. The van der Waals surface area contributed by atoms with Crippen LogP contribution in [0.1, 0.15) is 33.1 Å². The fourth-order valence-corrected chi connectivity index (χ4v) is 2.46. The van der Waals surface area contributed by atoms with E-state index in [1.165, 1.54) is 12.7 Å². The quantitative estimate of drug-likeness (QED) is 0.503. The topological polar surface area (TPSA) is 51.2 Å². The van der Waals surface area contributed by atoms with E-state index in [0.29, 0.717) is 13.2 Å². The monoisotopic (exact) mass is 300 g/mol. The average Bonchev–Trinajstić information content (AvgIpc) is 2.46. The summed E-state index contributed by atoms with van der Waals surface area (Å²) in [5, 5.41) is 3.82. The SMILES string of the molecule is CCOC(CC1=CN(N(C)C)C(C(=O)OC)CC1)OCC. The van der Waals surface area contributed by atoms with Gasteiger partial charge in [0.25, 0.3) is 0 Å². The van der Waals surface area contributed by atoms with Gasteiger partial charge >= 0.3 is 5.97 Å². The highest BCUT2D eigenvalue weighted by Crippen LogP contribution is 2.26. The summed E-state index contributed by atoms with van der Waals surface area (Å²) < 4.78 is 16.1. The maximum atomic E-state index is 11.8. The lowest BCUT2D eigenvalue weighted by Crippen LogP contribution is -2.48. The first-order valence-corrected chi connectivity index (χ1v) is 7.49. The summed E-state index contributed by atoms with van der Waals surface area (Å²) in [5.41, 5.74) is 1.22. The molecule has 0 aromatic rings. The summed E-state index contributed by atoms with van der Waals surface area (Å²) in [4.78, 5) is 11.8. The van der Waals surface area contributed by atoms with Crippen LogP contribution < -0.4 is 0 Å². The van der Waals surface area contributed by atoms with E-state index >= 15 is 0 Å². The number of esters is 1. The van der Waals surface area contributed by atoms with Crippen molar-refractivity contribution < 1.29 is 19.0 Å². The van der Waals surface area contributed by atoms with Crippen molar-refractivity contribution in [3.63, 3.8) is 0 Å². The summed E-state index contributed by atoms with van der Waals surface area (Å²) in [7, 11) is 5.26. The van der Waals surface area contributed by atoms with E-state index < -0.39 is 0 Å². The first-order valence-electron chi connectivity index (χ1n) is 7.49. The predicted molar refractivity (Wildman–Crippen MR) is 80.3 cm³/mol. The molecule has 122 valence electrons. The summed E-state index contributed by atoms with van der Waals surface area (Å²) in [5.74, 6) is -0.204. The van der Waals surface area contributed by atoms with Crippen LogP contribution in [0, 0.1) is 0 Å². The first-order chi connectivity index (χ1) is 10.0. The Labute approximate surface area is 127 Å². The molecule has 21 heavy (non-hydrogen) atoms. The zero-order chi connectivity index (χ0) is 15.8. The molecule has 0 fully saturated rings. The fraction of sp³-hybridized carbons (Fsp3) is 0.800. The van der Waals surface area contributed by atoms with Gasteiger partial charge in [0.1, 0.15) is 6.04 Å². The van der Waals surface area contributed by atoms with E-state index in [1.54, 1.807) is 0 Å². The minimum Gasteiger partial charge on any atom is -0.467 e. The van der Waals surface area contributed by atoms with Gasteiger partial charge in [-0.25, -0.2) is 9.80 Å². The Balaban J connectivity index is 2.77. The molecule has 0 saturated carbocycles. The smallest absolute Gasteiger partial charge is 0.330 e. The Morgan fingerprint density at radius 3 is 2.48 bits per heavy atom. The molecule has 0 aromatic carbocycles. The second-order valence-corrected chi connectivity index (χ2v) is 5.14. The molecule has 0 aromatic heterocycles. The Hall–Kier alpha value is -1.11. The lowest BCUT2D eigenvalue weighted by Gasteiger charge is -2.38. The highest BCUT2D eigenvalue weighted by Gasteiger charge is 2.30. The fourth-order valence-electron chi connectivity index (χ4n) is 2.46. The molecule has 0 amide bonds. The second-order valence-electron chi connectivity index (χ2n) is 5.14. The minimum absolute atomic E-state index is 0.204. The third-order valence-corrected chi connectivity index (χ3v) is 3.44. The van der Waals surface area contributed by atoms with Gasteiger partial charge in [0, 0.05) is 39.9 Å². The molecule has 0 radical (unpaired) electrons. The van der Waals surface area contributed by atoms with Crippen molar-refractivity contribution in [2.24, 2.45) is 0 Å². The number of hydrazine groups is 1. The van der Waals surface area contributed by atoms with E-state index in [9.17, 15) is 4.79 Å². The van der Waals surface area contributed by atoms with Gasteiger partial charge in [-0.2, -0.15) is 0 Å². The van der Waals surface area contributed by atoms with Crippen molar-refractivity contribution in [3.05, 3.63) is 11.8 Å². The van der Waals surface area contributed by atoms with Crippen LogP contribution in [-0.2, 0) is 19.0 Å². The molecule has 0 spiro atoms. The zero-order valence-electron chi connectivity index (χ0n) is 13.8. The molecular weight excluding hydrogens is 272 g/mol. The third kappa shape index (κ3) is 5.30. The van der Waals surface area contributed by atoms with Crippen molar-refractivity contribution in [2.45, 2.75) is 45.4 Å². The Morgan fingerprint density at radius 1 is 1.38 bits per heavy atom. The molecule has 1 rings (SSSR count). The van der Waals surface area contributed by atoms with Crippen molar-refractivity contribution in [2.75, 3.05) is 34.4 Å². The number of hydrogen-bond acceptors (Lipinski definition) is 6. The van der Waals surface area contributed by atoms with Gasteiger partial charge < -0.3 is 14.2 Å². The molecule has 6 heteroatoms. The Morgan fingerprint density at radius 2 is 2.00 bits per heavy atom. The molecule has 0 N–H and O–H groups in total. The van der Waals surface area contributed by atoms with Gasteiger partial charge in [-0.1, -0.05) is 0 Å². The van der Waals surface area contributed by atoms with Crippen molar-refractivity contribution in [3.8, 4) is 0 Å². The normalized spacial score (nSPS) is 19.1. The van der Waals surface area contributed by atoms with E-state index in [-0.39, 0.29) is 18.3 Å². The van der Waals surface area contributed by atoms with E-state index in [4.69, 9.17) is 14.2 Å². The lowest BCUT2D eigenvalue weighted by molar-refractivity contribution is -0.152. The number of hydrogen-bond donors (Lipinski definition) is 0. The van der Waals surface area contributed by atoms with E-state index in [1.807, 2.05) is 44.2 Å². The summed E-state index contributed by atoms with van der Waals surface area (Å²) >= 11 is 0. The summed E-state index contributed by atoms with van der Waals surface area (Å²) in [6.45, 7) is 5.17. The first kappa shape index (κ1) is 17.9. The van der Waals surface area contributed by atoms with E-state index in [0.717, 1.165) is 19.3 Å². The number of ether oxygens (including phenoxy) is 3. The molecule has 1 heterocycles. The average molecular weight is 300 g/mol. The van der Waals surface area contributed by atoms with Gasteiger partial charge in [0.05, 0.1) is 7.11 Å². The van der Waals surface area contributed by atoms with Crippen LogP contribution in [0.2, 0.25) is 0 Å². The van der Waals surface area contributed by atoms with Gasteiger partial charge in [0.15, 0.2) is 6.29 Å². The number of rotatable bonds is 8. The molecule has 1 aliphatic heterocycles. The van der Waals surface area contributed by atoms with Crippen LogP contribution in [0.3, 0.4) is 0 Å².